The molecule has 2 rings (SSSR count). The molecule has 1 aliphatic rings. The molecule has 6 heteroatoms. The average Bonchev–Trinajstić information content (AvgIpc) is 2.77. The molecule has 1 unspecified atom stereocenters. The van der Waals surface area contributed by atoms with Crippen LogP contribution in [0.4, 0.5) is 0 Å². The Bertz CT molecular complexity index is 492. The van der Waals surface area contributed by atoms with Gasteiger partial charge in [-0.15, -0.1) is 11.3 Å². The van der Waals surface area contributed by atoms with Gasteiger partial charge in [0, 0.05) is 6.04 Å². The number of thiophene rings is 1. The molecule has 102 valence electrons. The fourth-order valence-corrected chi connectivity index (χ4v) is 5.29. The minimum atomic E-state index is -3.40. The molecule has 1 aliphatic carbocycles. The Morgan fingerprint density at radius 3 is 2.56 bits per heavy atom. The topological polar surface area (TPSA) is 46.2 Å². The van der Waals surface area contributed by atoms with Crippen LogP contribution in [0.5, 0.6) is 0 Å². The monoisotopic (exact) mass is 307 g/mol. The first-order chi connectivity index (χ1) is 8.49. The van der Waals surface area contributed by atoms with Crippen molar-refractivity contribution in [2.75, 3.05) is 0 Å². The van der Waals surface area contributed by atoms with Crippen LogP contribution in [0.3, 0.4) is 0 Å². The molecule has 3 nitrogen and oxygen atoms in total. The van der Waals surface area contributed by atoms with E-state index in [1.807, 2.05) is 6.92 Å². The fourth-order valence-electron chi connectivity index (χ4n) is 2.48. The zero-order valence-corrected chi connectivity index (χ0v) is 12.7. The van der Waals surface area contributed by atoms with Crippen LogP contribution < -0.4 is 4.72 Å². The summed E-state index contributed by atoms with van der Waals surface area (Å²) in [5.74, 6) is 0.462. The highest BCUT2D eigenvalue weighted by molar-refractivity contribution is 7.91. The second-order valence-electron chi connectivity index (χ2n) is 4.87. The molecule has 0 spiro atoms. The van der Waals surface area contributed by atoms with Crippen molar-refractivity contribution in [2.24, 2.45) is 5.92 Å². The van der Waals surface area contributed by atoms with Crippen molar-refractivity contribution in [3.05, 3.63) is 16.5 Å². The quantitative estimate of drug-likeness (QED) is 0.923. The third-order valence-corrected chi connectivity index (χ3v) is 6.79. The molecule has 0 aromatic carbocycles. The summed E-state index contributed by atoms with van der Waals surface area (Å²) in [7, 11) is -3.40. The molecule has 0 saturated heterocycles. The molecule has 18 heavy (non-hydrogen) atoms. The minimum absolute atomic E-state index is 0.00354. The summed E-state index contributed by atoms with van der Waals surface area (Å²) in [6.07, 6.45) is 5.93. The molecule has 0 amide bonds. The highest BCUT2D eigenvalue weighted by atomic mass is 35.5. The molecule has 1 atom stereocenters. The van der Waals surface area contributed by atoms with Crippen molar-refractivity contribution in [3.63, 3.8) is 0 Å². The lowest BCUT2D eigenvalue weighted by molar-refractivity contribution is 0.303. The van der Waals surface area contributed by atoms with Gasteiger partial charge in [0.25, 0.3) is 0 Å². The van der Waals surface area contributed by atoms with Crippen molar-refractivity contribution in [1.29, 1.82) is 0 Å². The SMILES string of the molecule is CC(NS(=O)(=O)c1ccc(Cl)s1)C1CCCCC1. The summed E-state index contributed by atoms with van der Waals surface area (Å²) < 4.78 is 27.9. The van der Waals surface area contributed by atoms with E-state index in [1.165, 1.54) is 19.3 Å². The van der Waals surface area contributed by atoms with Crippen LogP contribution in [0.1, 0.15) is 39.0 Å². The average molecular weight is 308 g/mol. The van der Waals surface area contributed by atoms with E-state index >= 15 is 0 Å². The third kappa shape index (κ3) is 3.47. The van der Waals surface area contributed by atoms with Crippen molar-refractivity contribution in [1.82, 2.24) is 4.72 Å². The molecule has 0 aliphatic heterocycles. The highest BCUT2D eigenvalue weighted by Crippen LogP contribution is 2.29. The molecule has 1 aromatic heterocycles. The predicted octanol–water partition coefficient (Wildman–Crippen LogP) is 3.65. The van der Waals surface area contributed by atoms with E-state index in [4.69, 9.17) is 11.6 Å². The third-order valence-electron chi connectivity index (χ3n) is 3.51. The zero-order chi connectivity index (χ0) is 13.2. The smallest absolute Gasteiger partial charge is 0.207 e. The summed E-state index contributed by atoms with van der Waals surface area (Å²) in [6.45, 7) is 1.96. The molecule has 0 bridgehead atoms. The number of sulfonamides is 1. The lowest BCUT2D eigenvalue weighted by Crippen LogP contribution is -2.38. The Morgan fingerprint density at radius 1 is 1.33 bits per heavy atom. The zero-order valence-electron chi connectivity index (χ0n) is 10.4. The Morgan fingerprint density at radius 2 is 2.00 bits per heavy atom. The van der Waals surface area contributed by atoms with E-state index in [0.29, 0.717) is 14.5 Å². The number of nitrogens with one attached hydrogen (secondary N) is 1. The van der Waals surface area contributed by atoms with E-state index in [2.05, 4.69) is 4.72 Å². The van der Waals surface area contributed by atoms with E-state index in [9.17, 15) is 8.42 Å². The maximum atomic E-state index is 12.1. The maximum Gasteiger partial charge on any atom is 0.250 e. The summed E-state index contributed by atoms with van der Waals surface area (Å²) in [5, 5.41) is 0. The summed E-state index contributed by atoms with van der Waals surface area (Å²) in [4.78, 5) is 0. The van der Waals surface area contributed by atoms with Gasteiger partial charge in [-0.3, -0.25) is 0 Å². The maximum absolute atomic E-state index is 12.1. The molecule has 1 fully saturated rings. The number of rotatable bonds is 4. The first-order valence-electron chi connectivity index (χ1n) is 6.27. The second-order valence-corrected chi connectivity index (χ2v) is 8.52. The van der Waals surface area contributed by atoms with Gasteiger partial charge in [0.05, 0.1) is 4.34 Å². The first kappa shape index (κ1) is 14.3. The van der Waals surface area contributed by atoms with Crippen molar-refractivity contribution < 1.29 is 8.42 Å². The van der Waals surface area contributed by atoms with E-state index < -0.39 is 10.0 Å². The standard InChI is InChI=1S/C12H18ClNO2S2/c1-9(10-5-3-2-4-6-10)14-18(15,16)12-8-7-11(13)17-12/h7-10,14H,2-6H2,1H3. The minimum Gasteiger partial charge on any atom is -0.207 e. The molecule has 0 radical (unpaired) electrons. The van der Waals surface area contributed by atoms with Crippen molar-refractivity contribution in [3.8, 4) is 0 Å². The van der Waals surface area contributed by atoms with Gasteiger partial charge in [0.2, 0.25) is 10.0 Å². The van der Waals surface area contributed by atoms with E-state index in [1.54, 1.807) is 12.1 Å². The second kappa shape index (κ2) is 5.90. The van der Waals surface area contributed by atoms with E-state index in [-0.39, 0.29) is 6.04 Å². The van der Waals surface area contributed by atoms with Gasteiger partial charge in [-0.25, -0.2) is 13.1 Å². The van der Waals surface area contributed by atoms with Crippen LogP contribution >= 0.6 is 22.9 Å². The Kier molecular flexibility index (Phi) is 4.69. The fraction of sp³-hybridized carbons (Fsp3) is 0.667. The Labute approximate surface area is 118 Å². The van der Waals surface area contributed by atoms with Crippen molar-refractivity contribution >= 4 is 33.0 Å². The summed E-state index contributed by atoms with van der Waals surface area (Å²) in [6, 6.07) is 3.17. The highest BCUT2D eigenvalue weighted by Gasteiger charge is 2.25. The van der Waals surface area contributed by atoms with Gasteiger partial charge >= 0.3 is 0 Å². The van der Waals surface area contributed by atoms with Crippen LogP contribution in [0, 0.1) is 5.92 Å². The van der Waals surface area contributed by atoms with Crippen LogP contribution in [0.2, 0.25) is 4.34 Å². The van der Waals surface area contributed by atoms with Gasteiger partial charge < -0.3 is 0 Å². The Balaban J connectivity index is 2.03. The normalized spacial score (nSPS) is 19.9. The first-order valence-corrected chi connectivity index (χ1v) is 8.94. The summed E-state index contributed by atoms with van der Waals surface area (Å²) in [5.41, 5.74) is 0. The molecule has 1 aromatic rings. The number of halogens is 1. The molecular weight excluding hydrogens is 290 g/mol. The van der Waals surface area contributed by atoms with Crippen LogP contribution in [-0.2, 0) is 10.0 Å². The van der Waals surface area contributed by atoms with Crippen LogP contribution in [0.15, 0.2) is 16.3 Å². The van der Waals surface area contributed by atoms with Gasteiger partial charge in [0.1, 0.15) is 4.21 Å². The number of hydrogen-bond donors (Lipinski definition) is 1. The predicted molar refractivity (Wildman–Crippen MR) is 75.7 cm³/mol. The number of hydrogen-bond acceptors (Lipinski definition) is 3. The molecule has 1 saturated carbocycles. The Hall–Kier alpha value is -0.100. The van der Waals surface area contributed by atoms with Crippen molar-refractivity contribution in [2.45, 2.75) is 49.3 Å². The van der Waals surface area contributed by atoms with Gasteiger partial charge in [0.15, 0.2) is 0 Å². The van der Waals surface area contributed by atoms with Crippen LogP contribution in [-0.4, -0.2) is 14.5 Å². The summed E-state index contributed by atoms with van der Waals surface area (Å²) >= 11 is 6.88. The lowest BCUT2D eigenvalue weighted by Gasteiger charge is -2.27. The van der Waals surface area contributed by atoms with E-state index in [0.717, 1.165) is 24.2 Å². The van der Waals surface area contributed by atoms with Crippen LogP contribution in [0.25, 0.3) is 0 Å². The van der Waals surface area contributed by atoms with Gasteiger partial charge in [-0.05, 0) is 37.8 Å². The molecular formula is C12H18ClNO2S2. The molecule has 1 heterocycles. The largest absolute Gasteiger partial charge is 0.250 e. The lowest BCUT2D eigenvalue weighted by atomic mass is 9.85. The van der Waals surface area contributed by atoms with Gasteiger partial charge in [-0.1, -0.05) is 30.9 Å². The van der Waals surface area contributed by atoms with Gasteiger partial charge in [-0.2, -0.15) is 0 Å². The molecule has 1 N–H and O–H groups in total.